The maximum atomic E-state index is 12.7. The second kappa shape index (κ2) is 8.37. The molecule has 0 aliphatic carbocycles. The predicted octanol–water partition coefficient (Wildman–Crippen LogP) is 1.90. The minimum atomic E-state index is -0.506. The molecule has 3 rings (SSSR count). The number of benzene rings is 1. The zero-order valence-corrected chi connectivity index (χ0v) is 16.7. The van der Waals surface area contributed by atoms with Crippen LogP contribution >= 0.6 is 0 Å². The summed E-state index contributed by atoms with van der Waals surface area (Å²) in [5.74, 6) is 1.54. The van der Waals surface area contributed by atoms with Crippen molar-refractivity contribution in [1.82, 2.24) is 14.9 Å². The fourth-order valence-corrected chi connectivity index (χ4v) is 3.37. The summed E-state index contributed by atoms with van der Waals surface area (Å²) in [5, 5.41) is 0. The van der Waals surface area contributed by atoms with Crippen LogP contribution in [0.4, 0.5) is 5.82 Å². The average molecular weight is 381 g/mol. The minimum Gasteiger partial charge on any atom is -0.366 e. The van der Waals surface area contributed by atoms with Crippen LogP contribution in [0.25, 0.3) is 0 Å². The highest BCUT2D eigenvalue weighted by atomic mass is 16.2. The molecule has 2 heterocycles. The molecule has 1 aromatic heterocycles. The van der Waals surface area contributed by atoms with Gasteiger partial charge in [-0.1, -0.05) is 32.0 Å². The second-order valence-corrected chi connectivity index (χ2v) is 7.45. The summed E-state index contributed by atoms with van der Waals surface area (Å²) in [7, 11) is 0. The fourth-order valence-electron chi connectivity index (χ4n) is 3.37. The van der Waals surface area contributed by atoms with Crippen molar-refractivity contribution in [2.75, 3.05) is 31.1 Å². The van der Waals surface area contributed by atoms with Crippen molar-refractivity contribution in [1.29, 1.82) is 0 Å². The van der Waals surface area contributed by atoms with Crippen LogP contribution in [0, 0.1) is 6.92 Å². The SMILES string of the molecule is Cc1cc(N2CCN(C(=O)Cc3ccccc3C(N)=O)CC2)nc(C(C)C)n1. The minimum absolute atomic E-state index is 0.00934. The molecule has 7 nitrogen and oxygen atoms in total. The fraction of sp³-hybridized carbons (Fsp3) is 0.429. The Hall–Kier alpha value is -2.96. The van der Waals surface area contributed by atoms with E-state index in [9.17, 15) is 9.59 Å². The number of primary amides is 1. The zero-order chi connectivity index (χ0) is 20.3. The van der Waals surface area contributed by atoms with Gasteiger partial charge in [-0.25, -0.2) is 9.97 Å². The van der Waals surface area contributed by atoms with E-state index >= 15 is 0 Å². The van der Waals surface area contributed by atoms with E-state index in [4.69, 9.17) is 5.73 Å². The van der Waals surface area contributed by atoms with E-state index in [1.165, 1.54) is 0 Å². The Morgan fingerprint density at radius 1 is 1.11 bits per heavy atom. The lowest BCUT2D eigenvalue weighted by atomic mass is 10.0. The monoisotopic (exact) mass is 381 g/mol. The molecule has 1 aliphatic rings. The van der Waals surface area contributed by atoms with Gasteiger partial charge in [-0.2, -0.15) is 0 Å². The van der Waals surface area contributed by atoms with Crippen LogP contribution in [0.2, 0.25) is 0 Å². The lowest BCUT2D eigenvalue weighted by Gasteiger charge is -2.35. The maximum Gasteiger partial charge on any atom is 0.248 e. The number of nitrogens with two attached hydrogens (primary N) is 1. The number of aryl methyl sites for hydroxylation is 1. The first-order valence-electron chi connectivity index (χ1n) is 9.61. The van der Waals surface area contributed by atoms with E-state index in [1.54, 1.807) is 18.2 Å². The highest BCUT2D eigenvalue weighted by Crippen LogP contribution is 2.19. The average Bonchev–Trinajstić information content (AvgIpc) is 2.67. The van der Waals surface area contributed by atoms with Gasteiger partial charge in [0, 0.05) is 49.4 Å². The molecular weight excluding hydrogens is 354 g/mol. The first-order chi connectivity index (χ1) is 13.3. The van der Waals surface area contributed by atoms with E-state index in [0.717, 1.165) is 30.4 Å². The normalized spacial score (nSPS) is 14.4. The van der Waals surface area contributed by atoms with Crippen LogP contribution in [-0.4, -0.2) is 52.9 Å². The molecule has 0 bridgehead atoms. The number of rotatable bonds is 5. The number of hydrogen-bond acceptors (Lipinski definition) is 5. The molecule has 2 amide bonds. The summed E-state index contributed by atoms with van der Waals surface area (Å²) in [6, 6.07) is 9.00. The van der Waals surface area contributed by atoms with Crippen molar-refractivity contribution in [2.24, 2.45) is 5.73 Å². The number of aromatic nitrogens is 2. The predicted molar refractivity (Wildman–Crippen MR) is 108 cm³/mol. The molecular formula is C21H27N5O2. The molecule has 2 aromatic rings. The third-order valence-corrected chi connectivity index (χ3v) is 4.96. The standard InChI is InChI=1S/C21H27N5O2/c1-14(2)21-23-15(3)12-18(24-21)25-8-10-26(11-9-25)19(27)13-16-6-4-5-7-17(16)20(22)28/h4-7,12,14H,8-11,13H2,1-3H3,(H2,22,28). The molecule has 0 spiro atoms. The van der Waals surface area contributed by atoms with E-state index in [2.05, 4.69) is 28.7 Å². The van der Waals surface area contributed by atoms with Crippen molar-refractivity contribution in [2.45, 2.75) is 33.1 Å². The second-order valence-electron chi connectivity index (χ2n) is 7.45. The van der Waals surface area contributed by atoms with Crippen molar-refractivity contribution in [3.05, 3.63) is 53.0 Å². The molecule has 148 valence electrons. The van der Waals surface area contributed by atoms with Crippen molar-refractivity contribution in [3.8, 4) is 0 Å². The van der Waals surface area contributed by atoms with Gasteiger partial charge >= 0.3 is 0 Å². The highest BCUT2D eigenvalue weighted by molar-refractivity contribution is 5.95. The third-order valence-electron chi connectivity index (χ3n) is 4.96. The summed E-state index contributed by atoms with van der Waals surface area (Å²) in [4.78, 5) is 37.5. The van der Waals surface area contributed by atoms with Crippen LogP contribution < -0.4 is 10.6 Å². The lowest BCUT2D eigenvalue weighted by molar-refractivity contribution is -0.130. The Labute approximate surface area is 165 Å². The molecule has 0 radical (unpaired) electrons. The van der Waals surface area contributed by atoms with Gasteiger partial charge in [0.25, 0.3) is 0 Å². The van der Waals surface area contributed by atoms with Crippen LogP contribution in [0.15, 0.2) is 30.3 Å². The van der Waals surface area contributed by atoms with E-state index in [0.29, 0.717) is 24.2 Å². The summed E-state index contributed by atoms with van der Waals surface area (Å²) < 4.78 is 0. The Bertz CT molecular complexity index is 873. The first-order valence-corrected chi connectivity index (χ1v) is 9.61. The first kappa shape index (κ1) is 19.8. The van der Waals surface area contributed by atoms with Gasteiger partial charge in [-0.3, -0.25) is 9.59 Å². The van der Waals surface area contributed by atoms with Gasteiger partial charge < -0.3 is 15.5 Å². The van der Waals surface area contributed by atoms with Crippen molar-refractivity contribution >= 4 is 17.6 Å². The number of carbonyl (C=O) groups excluding carboxylic acids is 2. The van der Waals surface area contributed by atoms with Crippen LogP contribution in [-0.2, 0) is 11.2 Å². The summed E-state index contributed by atoms with van der Waals surface area (Å²) in [5.41, 5.74) is 7.45. The zero-order valence-electron chi connectivity index (χ0n) is 16.7. The summed E-state index contributed by atoms with van der Waals surface area (Å²) in [6.45, 7) is 8.83. The number of carbonyl (C=O) groups is 2. The van der Waals surface area contributed by atoms with Gasteiger partial charge in [-0.15, -0.1) is 0 Å². The van der Waals surface area contributed by atoms with Crippen LogP contribution in [0.5, 0.6) is 0 Å². The maximum absolute atomic E-state index is 12.7. The third kappa shape index (κ3) is 4.47. The molecule has 1 aliphatic heterocycles. The molecule has 0 unspecified atom stereocenters. The van der Waals surface area contributed by atoms with Crippen LogP contribution in [0.3, 0.4) is 0 Å². The van der Waals surface area contributed by atoms with Gasteiger partial charge in [0.2, 0.25) is 11.8 Å². The molecule has 7 heteroatoms. The molecule has 0 atom stereocenters. The highest BCUT2D eigenvalue weighted by Gasteiger charge is 2.23. The molecule has 1 saturated heterocycles. The molecule has 1 fully saturated rings. The van der Waals surface area contributed by atoms with Gasteiger partial charge in [-0.05, 0) is 18.6 Å². The number of nitrogens with zero attached hydrogens (tertiary/aromatic N) is 4. The van der Waals surface area contributed by atoms with Crippen molar-refractivity contribution < 1.29 is 9.59 Å². The van der Waals surface area contributed by atoms with E-state index < -0.39 is 5.91 Å². The molecule has 2 N–H and O–H groups in total. The van der Waals surface area contributed by atoms with E-state index in [-0.39, 0.29) is 18.2 Å². The topological polar surface area (TPSA) is 92.4 Å². The summed E-state index contributed by atoms with van der Waals surface area (Å²) >= 11 is 0. The van der Waals surface area contributed by atoms with Gasteiger partial charge in [0.1, 0.15) is 11.6 Å². The van der Waals surface area contributed by atoms with E-state index in [1.807, 2.05) is 24.0 Å². The van der Waals surface area contributed by atoms with Gasteiger partial charge in [0.15, 0.2) is 0 Å². The largest absolute Gasteiger partial charge is 0.366 e. The Balaban J connectivity index is 1.64. The van der Waals surface area contributed by atoms with Crippen LogP contribution in [0.1, 0.15) is 47.2 Å². The summed E-state index contributed by atoms with van der Waals surface area (Å²) in [6.07, 6.45) is 0.184. The van der Waals surface area contributed by atoms with Crippen molar-refractivity contribution in [3.63, 3.8) is 0 Å². The number of anilines is 1. The Kier molecular flexibility index (Phi) is 5.92. The Morgan fingerprint density at radius 2 is 1.79 bits per heavy atom. The number of hydrogen-bond donors (Lipinski definition) is 1. The molecule has 28 heavy (non-hydrogen) atoms. The Morgan fingerprint density at radius 3 is 2.43 bits per heavy atom. The lowest BCUT2D eigenvalue weighted by Crippen LogP contribution is -2.49. The number of amides is 2. The number of piperazine rings is 1. The quantitative estimate of drug-likeness (QED) is 0.854. The molecule has 1 aromatic carbocycles. The smallest absolute Gasteiger partial charge is 0.248 e. The molecule has 0 saturated carbocycles. The van der Waals surface area contributed by atoms with Gasteiger partial charge in [0.05, 0.1) is 6.42 Å².